The Morgan fingerprint density at radius 2 is 1.48 bits per heavy atom. The van der Waals surface area contributed by atoms with Gasteiger partial charge in [-0.25, -0.2) is 4.79 Å². The standard InChI is InChI=1S/C28H30O10S2/c1-17(2)13-14-36-23-12-9-20(16-24(23)38-40(6,33)34)25-18(3)15-22(27(35-4)26(25)28(29)30)19-7-10-21(11-8-19)37-39(5,31)32/h7-13,15-16H,14H2,1-6H3,(H,29,30). The first-order valence-electron chi connectivity index (χ1n) is 11.8. The van der Waals surface area contributed by atoms with E-state index in [1.54, 1.807) is 31.2 Å². The third-order valence-electron chi connectivity index (χ3n) is 5.51. The Morgan fingerprint density at radius 3 is 2.00 bits per heavy atom. The Labute approximate surface area is 234 Å². The molecule has 0 aromatic heterocycles. The van der Waals surface area contributed by atoms with Crippen LogP contribution in [0.2, 0.25) is 0 Å². The van der Waals surface area contributed by atoms with Crippen molar-refractivity contribution in [3.05, 3.63) is 71.3 Å². The van der Waals surface area contributed by atoms with Crippen LogP contribution in [0.15, 0.2) is 60.2 Å². The van der Waals surface area contributed by atoms with Gasteiger partial charge in [-0.05, 0) is 73.9 Å². The van der Waals surface area contributed by atoms with Crippen LogP contribution in [0.3, 0.4) is 0 Å². The Hall–Kier alpha value is -4.03. The molecule has 0 saturated carbocycles. The van der Waals surface area contributed by atoms with Crippen LogP contribution in [0.25, 0.3) is 22.3 Å². The average Bonchev–Trinajstić information content (AvgIpc) is 2.82. The molecule has 214 valence electrons. The van der Waals surface area contributed by atoms with E-state index in [4.69, 9.17) is 17.8 Å². The smallest absolute Gasteiger partial charge is 0.340 e. The fourth-order valence-corrected chi connectivity index (χ4v) is 4.89. The van der Waals surface area contributed by atoms with Crippen molar-refractivity contribution in [3.63, 3.8) is 0 Å². The van der Waals surface area contributed by atoms with Gasteiger partial charge in [0, 0.05) is 11.1 Å². The average molecular weight is 591 g/mol. The maximum absolute atomic E-state index is 12.6. The van der Waals surface area contributed by atoms with Gasteiger partial charge in [0.15, 0.2) is 11.5 Å². The molecule has 0 aliphatic rings. The topological polar surface area (TPSA) is 142 Å². The summed E-state index contributed by atoms with van der Waals surface area (Å²) >= 11 is 0. The number of ether oxygens (including phenoxy) is 2. The number of carboxylic acids is 1. The summed E-state index contributed by atoms with van der Waals surface area (Å²) in [6.07, 6.45) is 3.64. The van der Waals surface area contributed by atoms with E-state index >= 15 is 0 Å². The normalized spacial score (nSPS) is 11.4. The van der Waals surface area contributed by atoms with Crippen LogP contribution in [-0.2, 0) is 20.2 Å². The highest BCUT2D eigenvalue weighted by molar-refractivity contribution is 7.86. The molecule has 3 aromatic carbocycles. The third-order valence-corrected chi connectivity index (χ3v) is 6.49. The lowest BCUT2D eigenvalue weighted by molar-refractivity contribution is 0.0694. The Morgan fingerprint density at radius 1 is 0.875 bits per heavy atom. The molecule has 0 fully saturated rings. The van der Waals surface area contributed by atoms with Crippen molar-refractivity contribution in [2.45, 2.75) is 20.8 Å². The van der Waals surface area contributed by atoms with Gasteiger partial charge in [-0.2, -0.15) is 16.8 Å². The van der Waals surface area contributed by atoms with Crippen molar-refractivity contribution in [3.8, 4) is 45.3 Å². The molecule has 0 saturated heterocycles. The van der Waals surface area contributed by atoms with Crippen LogP contribution in [0.1, 0.15) is 29.8 Å². The first kappa shape index (κ1) is 30.5. The molecule has 12 heteroatoms. The lowest BCUT2D eigenvalue weighted by atomic mass is 9.89. The second-order valence-electron chi connectivity index (χ2n) is 9.18. The lowest BCUT2D eigenvalue weighted by Crippen LogP contribution is -2.09. The van der Waals surface area contributed by atoms with E-state index in [-0.39, 0.29) is 35.2 Å². The van der Waals surface area contributed by atoms with E-state index in [1.807, 2.05) is 19.9 Å². The molecule has 10 nitrogen and oxygen atoms in total. The Bertz CT molecular complexity index is 1670. The molecule has 0 spiro atoms. The van der Waals surface area contributed by atoms with E-state index in [9.17, 15) is 26.7 Å². The summed E-state index contributed by atoms with van der Waals surface area (Å²) in [5, 5.41) is 10.3. The van der Waals surface area contributed by atoms with E-state index in [1.165, 1.54) is 31.4 Å². The van der Waals surface area contributed by atoms with E-state index in [0.717, 1.165) is 18.1 Å². The molecule has 0 unspecified atom stereocenters. The van der Waals surface area contributed by atoms with E-state index in [0.29, 0.717) is 27.8 Å². The second kappa shape index (κ2) is 12.0. The zero-order valence-electron chi connectivity index (χ0n) is 22.8. The first-order valence-corrected chi connectivity index (χ1v) is 15.5. The molecular weight excluding hydrogens is 560 g/mol. The number of carboxylic acid groups (broad SMARTS) is 1. The van der Waals surface area contributed by atoms with Crippen molar-refractivity contribution in [2.75, 3.05) is 26.2 Å². The molecule has 0 amide bonds. The van der Waals surface area contributed by atoms with Crippen molar-refractivity contribution in [2.24, 2.45) is 0 Å². The molecule has 0 bridgehead atoms. The van der Waals surface area contributed by atoms with Crippen LogP contribution >= 0.6 is 0 Å². The lowest BCUT2D eigenvalue weighted by Gasteiger charge is -2.19. The molecule has 0 heterocycles. The van der Waals surface area contributed by atoms with Gasteiger partial charge in [-0.1, -0.05) is 23.8 Å². The molecule has 40 heavy (non-hydrogen) atoms. The predicted molar refractivity (Wildman–Crippen MR) is 151 cm³/mol. The van der Waals surface area contributed by atoms with Crippen LogP contribution in [0.4, 0.5) is 0 Å². The SMILES string of the molecule is COc1c(-c2ccc(OS(C)(=O)=O)cc2)cc(C)c(-c2ccc(OCC=C(C)C)c(OS(C)(=O)=O)c2)c1C(=O)O. The van der Waals surface area contributed by atoms with Crippen molar-refractivity contribution >= 4 is 26.2 Å². The highest BCUT2D eigenvalue weighted by Gasteiger charge is 2.25. The minimum Gasteiger partial charge on any atom is -0.495 e. The second-order valence-corrected chi connectivity index (χ2v) is 12.3. The molecule has 0 aliphatic carbocycles. The summed E-state index contributed by atoms with van der Waals surface area (Å²) in [6.45, 7) is 5.68. The number of benzene rings is 3. The minimum atomic E-state index is -3.93. The minimum absolute atomic E-state index is 0.0550. The van der Waals surface area contributed by atoms with Gasteiger partial charge in [-0.15, -0.1) is 0 Å². The number of hydrogen-bond donors (Lipinski definition) is 1. The van der Waals surface area contributed by atoms with Crippen LogP contribution in [0.5, 0.6) is 23.0 Å². The molecule has 3 aromatic rings. The fourth-order valence-electron chi connectivity index (χ4n) is 3.98. The summed E-state index contributed by atoms with van der Waals surface area (Å²) in [7, 11) is -6.31. The quantitative estimate of drug-likeness (QED) is 0.238. The predicted octanol–water partition coefficient (Wildman–Crippen LogP) is 5.06. The van der Waals surface area contributed by atoms with E-state index in [2.05, 4.69) is 0 Å². The number of carbonyl (C=O) groups is 1. The van der Waals surface area contributed by atoms with E-state index < -0.39 is 26.2 Å². The van der Waals surface area contributed by atoms with Gasteiger partial charge >= 0.3 is 26.2 Å². The number of allylic oxidation sites excluding steroid dienone is 1. The number of methoxy groups -OCH3 is 1. The maximum Gasteiger partial charge on any atom is 0.340 e. The highest BCUT2D eigenvalue weighted by Crippen LogP contribution is 2.43. The largest absolute Gasteiger partial charge is 0.495 e. The van der Waals surface area contributed by atoms with Gasteiger partial charge in [0.2, 0.25) is 0 Å². The summed E-state index contributed by atoms with van der Waals surface area (Å²) in [5.41, 5.74) is 3.06. The summed E-state index contributed by atoms with van der Waals surface area (Å²) < 4.78 is 68.2. The van der Waals surface area contributed by atoms with Crippen molar-refractivity contribution in [1.82, 2.24) is 0 Å². The molecule has 0 radical (unpaired) electrons. The number of rotatable bonds is 11. The van der Waals surface area contributed by atoms with Crippen LogP contribution < -0.4 is 17.8 Å². The third kappa shape index (κ3) is 7.76. The zero-order chi connectivity index (χ0) is 29.8. The van der Waals surface area contributed by atoms with Crippen LogP contribution in [0, 0.1) is 6.92 Å². The first-order chi connectivity index (χ1) is 18.6. The van der Waals surface area contributed by atoms with Gasteiger partial charge < -0.3 is 22.9 Å². The number of aromatic carboxylic acids is 1. The van der Waals surface area contributed by atoms with Gasteiger partial charge in [0.05, 0.1) is 19.6 Å². The van der Waals surface area contributed by atoms with Crippen molar-refractivity contribution in [1.29, 1.82) is 0 Å². The summed E-state index contributed by atoms with van der Waals surface area (Å²) in [5.74, 6) is -1.05. The molecule has 0 aliphatic heterocycles. The highest BCUT2D eigenvalue weighted by atomic mass is 32.2. The molecule has 3 rings (SSSR count). The van der Waals surface area contributed by atoms with Gasteiger partial charge in [0.25, 0.3) is 0 Å². The van der Waals surface area contributed by atoms with Gasteiger partial charge in [-0.3, -0.25) is 0 Å². The summed E-state index contributed by atoms with van der Waals surface area (Å²) in [6, 6.07) is 12.3. The number of hydrogen-bond acceptors (Lipinski definition) is 9. The van der Waals surface area contributed by atoms with Crippen LogP contribution in [-0.4, -0.2) is 54.1 Å². The Kier molecular flexibility index (Phi) is 9.16. The molecule has 0 atom stereocenters. The van der Waals surface area contributed by atoms with Crippen molar-refractivity contribution < 1.29 is 44.6 Å². The Balaban J connectivity index is 2.20. The molecule has 1 N–H and O–H groups in total. The number of aryl methyl sites for hydroxylation is 1. The fraction of sp³-hybridized carbons (Fsp3) is 0.250. The van der Waals surface area contributed by atoms with Gasteiger partial charge in [0.1, 0.15) is 23.7 Å². The summed E-state index contributed by atoms with van der Waals surface area (Å²) in [4.78, 5) is 12.6. The zero-order valence-corrected chi connectivity index (χ0v) is 24.5. The maximum atomic E-state index is 12.6. The monoisotopic (exact) mass is 590 g/mol. The molecular formula is C28H30O10S2.